The first-order chi connectivity index (χ1) is 18.6. The first-order valence-electron chi connectivity index (χ1n) is 11.3. The van der Waals surface area contributed by atoms with Gasteiger partial charge in [0, 0.05) is 34.2 Å². The Hall–Kier alpha value is -4.96. The number of hydrogen-bond acceptors (Lipinski definition) is 10. The summed E-state index contributed by atoms with van der Waals surface area (Å²) in [5.41, 5.74) is 7.09. The van der Waals surface area contributed by atoms with Crippen LogP contribution in [-0.4, -0.2) is 19.1 Å². The number of hydrogen-bond donors (Lipinski definition) is 1. The number of ether oxygens (including phenoxy) is 2. The van der Waals surface area contributed by atoms with Crippen molar-refractivity contribution in [3.8, 4) is 28.7 Å². The molecule has 39 heavy (non-hydrogen) atoms. The molecule has 0 aliphatic heterocycles. The van der Waals surface area contributed by atoms with Gasteiger partial charge in [0.05, 0.1) is 19.1 Å². The average Bonchev–Trinajstić information content (AvgIpc) is 2.92. The number of rotatable bonds is 9. The van der Waals surface area contributed by atoms with E-state index in [2.05, 4.69) is 0 Å². The van der Waals surface area contributed by atoms with Gasteiger partial charge in [-0.3, -0.25) is 10.1 Å². The Kier molecular flexibility index (Phi) is 9.55. The number of aryl methyl sites for hydroxylation is 1. The van der Waals surface area contributed by atoms with Crippen LogP contribution in [-0.2, 0) is 4.57 Å². The van der Waals surface area contributed by atoms with Crippen molar-refractivity contribution in [2.24, 2.45) is 0 Å². The third kappa shape index (κ3) is 8.54. The minimum absolute atomic E-state index is 0.0559. The van der Waals surface area contributed by atoms with Gasteiger partial charge in [0.25, 0.3) is 5.69 Å². The summed E-state index contributed by atoms with van der Waals surface area (Å²) in [5, 5.41) is 20.4. The third-order valence-corrected chi connectivity index (χ3v) is 6.23. The SMILES string of the molecule is COc1ccc(OP(=O)(Oc2ccc(OC)cc2)O[n+]2ccc(N)c(C)c2)cc1.O=[N+]([O-])c1ccc([O-])cc1. The summed E-state index contributed by atoms with van der Waals surface area (Å²) in [6.07, 6.45) is 3.10. The van der Waals surface area contributed by atoms with E-state index in [9.17, 15) is 19.8 Å². The second kappa shape index (κ2) is 13.0. The number of anilines is 1. The lowest BCUT2D eigenvalue weighted by Crippen LogP contribution is -2.42. The maximum absolute atomic E-state index is 13.4. The zero-order valence-corrected chi connectivity index (χ0v) is 22.1. The van der Waals surface area contributed by atoms with Crippen LogP contribution >= 0.6 is 7.82 Å². The fourth-order valence-electron chi connectivity index (χ4n) is 2.91. The van der Waals surface area contributed by atoms with Crippen molar-refractivity contribution in [1.82, 2.24) is 0 Å². The normalized spacial score (nSPS) is 10.4. The Morgan fingerprint density at radius 1 is 0.795 bits per heavy atom. The van der Waals surface area contributed by atoms with E-state index < -0.39 is 12.7 Å². The molecule has 0 aliphatic carbocycles. The van der Waals surface area contributed by atoms with Gasteiger partial charge in [-0.25, -0.2) is 0 Å². The molecule has 0 unspecified atom stereocenters. The predicted molar refractivity (Wildman–Crippen MR) is 140 cm³/mol. The average molecular weight is 555 g/mol. The van der Waals surface area contributed by atoms with E-state index in [1.54, 1.807) is 81.9 Å². The summed E-state index contributed by atoms with van der Waals surface area (Å²) < 4.78 is 41.7. The number of phosphoric acid groups is 1. The quantitative estimate of drug-likeness (QED) is 0.137. The van der Waals surface area contributed by atoms with Crippen molar-refractivity contribution in [2.75, 3.05) is 20.0 Å². The van der Waals surface area contributed by atoms with Crippen molar-refractivity contribution in [1.29, 1.82) is 0 Å². The molecule has 0 saturated heterocycles. The first-order valence-corrected chi connectivity index (χ1v) is 12.7. The van der Waals surface area contributed by atoms with Crippen molar-refractivity contribution in [3.63, 3.8) is 0 Å². The molecular formula is C26H26N3O9P. The molecule has 0 radical (unpaired) electrons. The molecule has 0 atom stereocenters. The van der Waals surface area contributed by atoms with Crippen molar-refractivity contribution >= 4 is 19.2 Å². The smallest absolute Gasteiger partial charge is 0.700 e. The van der Waals surface area contributed by atoms with Gasteiger partial charge in [0.1, 0.15) is 23.0 Å². The summed E-state index contributed by atoms with van der Waals surface area (Å²) in [7, 11) is -1.02. The van der Waals surface area contributed by atoms with Crippen LogP contribution in [0, 0.1) is 17.0 Å². The predicted octanol–water partition coefficient (Wildman–Crippen LogP) is 4.25. The van der Waals surface area contributed by atoms with Crippen LogP contribution in [0.5, 0.6) is 28.7 Å². The van der Waals surface area contributed by atoms with Crippen LogP contribution < -0.4 is 38.7 Å². The summed E-state index contributed by atoms with van der Waals surface area (Å²) in [5.74, 6) is 1.62. The molecular weight excluding hydrogens is 529 g/mol. The minimum atomic E-state index is -4.13. The molecule has 1 aromatic heterocycles. The van der Waals surface area contributed by atoms with Crippen LogP contribution in [0.15, 0.2) is 91.3 Å². The van der Waals surface area contributed by atoms with E-state index in [1.165, 1.54) is 23.1 Å². The second-order valence-corrected chi connectivity index (χ2v) is 9.18. The molecule has 12 nitrogen and oxygen atoms in total. The lowest BCUT2D eigenvalue weighted by Gasteiger charge is -2.15. The molecule has 0 fully saturated rings. The summed E-state index contributed by atoms with van der Waals surface area (Å²) >= 11 is 0. The number of nitrogens with two attached hydrogens (primary N) is 1. The highest BCUT2D eigenvalue weighted by molar-refractivity contribution is 7.49. The topological polar surface area (TPSA) is 159 Å². The summed E-state index contributed by atoms with van der Waals surface area (Å²) in [6, 6.07) is 19.4. The van der Waals surface area contributed by atoms with Crippen molar-refractivity contribution in [2.45, 2.75) is 6.92 Å². The molecule has 1 heterocycles. The highest BCUT2D eigenvalue weighted by Gasteiger charge is 2.38. The maximum Gasteiger partial charge on any atom is 0.700 e. The molecule has 204 valence electrons. The van der Waals surface area contributed by atoms with E-state index in [4.69, 9.17) is 28.9 Å². The highest BCUT2D eigenvalue weighted by Crippen LogP contribution is 2.46. The highest BCUT2D eigenvalue weighted by atomic mass is 31.2. The van der Waals surface area contributed by atoms with Gasteiger partial charge in [0.15, 0.2) is 0 Å². The lowest BCUT2D eigenvalue weighted by atomic mass is 10.3. The van der Waals surface area contributed by atoms with Gasteiger partial charge in [0.2, 0.25) is 12.4 Å². The van der Waals surface area contributed by atoms with Gasteiger partial charge in [-0.05, 0) is 55.5 Å². The van der Waals surface area contributed by atoms with E-state index in [1.807, 2.05) is 0 Å². The standard InChI is InChI=1S/C20H21N2O6P.C6H5NO3/c1-15-14-22(13-12-20(15)21)28-29(23,26-18-8-4-16(24-2)5-9-18)27-19-10-6-17(25-3)7-11-19;8-6-3-1-5(2-4-6)7(9)10/h4-14,21H,1-3H3;1-4,8H. The largest absolute Gasteiger partial charge is 0.872 e. The fraction of sp³-hybridized carbons (Fsp3) is 0.115. The summed E-state index contributed by atoms with van der Waals surface area (Å²) in [6.45, 7) is 1.80. The molecule has 13 heteroatoms. The third-order valence-electron chi connectivity index (χ3n) is 4.97. The Morgan fingerprint density at radius 3 is 1.67 bits per heavy atom. The Morgan fingerprint density at radius 2 is 1.26 bits per heavy atom. The van der Waals surface area contributed by atoms with Gasteiger partial charge >= 0.3 is 7.82 Å². The molecule has 0 aliphatic rings. The second-order valence-electron chi connectivity index (χ2n) is 7.76. The zero-order valence-electron chi connectivity index (χ0n) is 21.3. The first kappa shape index (κ1) is 28.6. The van der Waals surface area contributed by atoms with Crippen LogP contribution in [0.1, 0.15) is 5.56 Å². The van der Waals surface area contributed by atoms with Gasteiger partial charge in [-0.15, -0.1) is 10.4 Å². The molecule has 0 spiro atoms. The molecule has 0 saturated carbocycles. The van der Waals surface area contributed by atoms with E-state index in [0.29, 0.717) is 17.2 Å². The fourth-order valence-corrected chi connectivity index (χ4v) is 4.11. The number of aromatic nitrogens is 1. The minimum Gasteiger partial charge on any atom is -0.872 e. The van der Waals surface area contributed by atoms with Crippen LogP contribution in [0.4, 0.5) is 11.4 Å². The van der Waals surface area contributed by atoms with Crippen LogP contribution in [0.2, 0.25) is 0 Å². The number of pyridine rings is 1. The Labute approximate surface area is 224 Å². The molecule has 0 bridgehead atoms. The van der Waals surface area contributed by atoms with Crippen LogP contribution in [0.3, 0.4) is 0 Å². The number of nitrogen functional groups attached to an aromatic ring is 1. The van der Waals surface area contributed by atoms with Gasteiger partial charge in [-0.1, -0.05) is 12.1 Å². The number of benzene rings is 3. The van der Waals surface area contributed by atoms with Crippen LogP contribution in [0.25, 0.3) is 0 Å². The van der Waals surface area contributed by atoms with Gasteiger partial charge in [-0.2, -0.15) is 4.57 Å². The van der Waals surface area contributed by atoms with Crippen molar-refractivity contribution < 1.29 is 42.5 Å². The van der Waals surface area contributed by atoms with E-state index >= 15 is 0 Å². The number of methoxy groups -OCH3 is 2. The van der Waals surface area contributed by atoms with Crippen molar-refractivity contribution in [3.05, 3.63) is 107 Å². The number of nitro benzene ring substituents is 1. The molecule has 4 rings (SSSR count). The number of nitrogens with zero attached hydrogens (tertiary/aromatic N) is 2. The monoisotopic (exact) mass is 555 g/mol. The van der Waals surface area contributed by atoms with E-state index in [-0.39, 0.29) is 22.9 Å². The van der Waals surface area contributed by atoms with E-state index in [0.717, 1.165) is 17.7 Å². The summed E-state index contributed by atoms with van der Waals surface area (Å²) in [4.78, 5) is 9.47. The lowest BCUT2D eigenvalue weighted by molar-refractivity contribution is -0.860. The molecule has 4 aromatic rings. The Balaban J connectivity index is 0.000000353. The number of phosphoric ester groups is 1. The van der Waals surface area contributed by atoms with Gasteiger partial charge < -0.3 is 29.4 Å². The number of non-ortho nitro benzene ring substituents is 1. The molecule has 2 N–H and O–H groups in total. The number of nitro groups is 1. The molecule has 3 aromatic carbocycles. The molecule has 0 amide bonds. The zero-order chi connectivity index (χ0) is 28.4. The maximum atomic E-state index is 13.4. The Bertz CT molecular complexity index is 1380.